The number of methoxy groups -OCH3 is 1. The molecule has 0 saturated carbocycles. The maximum Gasteiger partial charge on any atom is 0.118 e. The van der Waals surface area contributed by atoms with Crippen LogP contribution in [0.5, 0.6) is 5.75 Å². The normalized spacial score (nSPS) is 23.3. The lowest BCUT2D eigenvalue weighted by atomic mass is 9.94. The molecule has 1 aliphatic rings. The van der Waals surface area contributed by atoms with Crippen molar-refractivity contribution in [2.75, 3.05) is 27.2 Å². The quantitative estimate of drug-likeness (QED) is 0.894. The van der Waals surface area contributed by atoms with E-state index in [1.807, 2.05) is 12.1 Å². The van der Waals surface area contributed by atoms with Gasteiger partial charge in [0.1, 0.15) is 5.75 Å². The van der Waals surface area contributed by atoms with Crippen LogP contribution in [0.4, 0.5) is 0 Å². The molecule has 0 aliphatic carbocycles. The number of likely N-dealkylation sites (N-methyl/N-ethyl adjacent to an activating group) is 1. The molecule has 1 heterocycles. The minimum Gasteiger partial charge on any atom is -0.497 e. The molecular formula is C17H28N2O. The van der Waals surface area contributed by atoms with Crippen LogP contribution in [0.15, 0.2) is 24.3 Å². The zero-order valence-corrected chi connectivity index (χ0v) is 13.2. The van der Waals surface area contributed by atoms with Crippen molar-refractivity contribution in [2.24, 2.45) is 5.92 Å². The van der Waals surface area contributed by atoms with E-state index in [2.05, 4.69) is 43.2 Å². The lowest BCUT2D eigenvalue weighted by Gasteiger charge is -2.39. The second kappa shape index (κ2) is 7.09. The molecule has 0 bridgehead atoms. The van der Waals surface area contributed by atoms with Crippen LogP contribution in [-0.2, 0) is 0 Å². The molecule has 112 valence electrons. The molecule has 2 rings (SSSR count). The Labute approximate surface area is 123 Å². The number of piperidine rings is 1. The van der Waals surface area contributed by atoms with Crippen molar-refractivity contribution in [3.8, 4) is 5.75 Å². The maximum atomic E-state index is 5.24. The molecule has 0 aromatic heterocycles. The van der Waals surface area contributed by atoms with Crippen molar-refractivity contribution < 1.29 is 4.74 Å². The van der Waals surface area contributed by atoms with Gasteiger partial charge in [0, 0.05) is 18.6 Å². The molecule has 1 N–H and O–H groups in total. The average molecular weight is 276 g/mol. The number of rotatable bonds is 5. The lowest BCUT2D eigenvalue weighted by molar-refractivity contribution is 0.115. The van der Waals surface area contributed by atoms with Gasteiger partial charge in [0.15, 0.2) is 0 Å². The number of likely N-dealkylation sites (tertiary alicyclic amines) is 1. The fourth-order valence-corrected chi connectivity index (χ4v) is 3.30. The SMILES string of the molecule is CNC(c1ccc(OC)cc1)C(C)N1CCCC(C)C1. The van der Waals surface area contributed by atoms with E-state index in [9.17, 15) is 0 Å². The Bertz CT molecular complexity index is 404. The van der Waals surface area contributed by atoms with E-state index in [-0.39, 0.29) is 0 Å². The topological polar surface area (TPSA) is 24.5 Å². The number of nitrogens with zero attached hydrogens (tertiary/aromatic N) is 1. The zero-order valence-electron chi connectivity index (χ0n) is 13.2. The zero-order chi connectivity index (χ0) is 14.5. The lowest BCUT2D eigenvalue weighted by Crippen LogP contribution is -2.46. The number of hydrogen-bond acceptors (Lipinski definition) is 3. The summed E-state index contributed by atoms with van der Waals surface area (Å²) >= 11 is 0. The molecular weight excluding hydrogens is 248 g/mol. The molecule has 20 heavy (non-hydrogen) atoms. The van der Waals surface area contributed by atoms with Gasteiger partial charge >= 0.3 is 0 Å². The van der Waals surface area contributed by atoms with E-state index in [0.29, 0.717) is 12.1 Å². The van der Waals surface area contributed by atoms with Crippen LogP contribution < -0.4 is 10.1 Å². The summed E-state index contributed by atoms with van der Waals surface area (Å²) < 4.78 is 5.24. The second-order valence-corrected chi connectivity index (χ2v) is 6.02. The van der Waals surface area contributed by atoms with Gasteiger partial charge in [-0.2, -0.15) is 0 Å². The Morgan fingerprint density at radius 3 is 2.55 bits per heavy atom. The summed E-state index contributed by atoms with van der Waals surface area (Å²) in [7, 11) is 3.76. The Morgan fingerprint density at radius 2 is 2.00 bits per heavy atom. The van der Waals surface area contributed by atoms with Crippen molar-refractivity contribution in [3.05, 3.63) is 29.8 Å². The van der Waals surface area contributed by atoms with Gasteiger partial charge in [-0.25, -0.2) is 0 Å². The Kier molecular flexibility index (Phi) is 5.44. The molecule has 0 radical (unpaired) electrons. The molecule has 0 spiro atoms. The summed E-state index contributed by atoms with van der Waals surface area (Å²) in [6, 6.07) is 9.31. The molecule has 3 unspecified atom stereocenters. The van der Waals surface area contributed by atoms with Crippen LogP contribution in [0.1, 0.15) is 38.3 Å². The molecule has 1 fully saturated rings. The van der Waals surface area contributed by atoms with Crippen molar-refractivity contribution in [1.29, 1.82) is 0 Å². The van der Waals surface area contributed by atoms with E-state index < -0.39 is 0 Å². The van der Waals surface area contributed by atoms with Gasteiger partial charge in [-0.3, -0.25) is 4.90 Å². The molecule has 3 atom stereocenters. The van der Waals surface area contributed by atoms with Crippen molar-refractivity contribution in [1.82, 2.24) is 10.2 Å². The Hall–Kier alpha value is -1.06. The van der Waals surface area contributed by atoms with E-state index >= 15 is 0 Å². The summed E-state index contributed by atoms with van der Waals surface area (Å²) in [5.74, 6) is 1.74. The number of hydrogen-bond donors (Lipinski definition) is 1. The predicted molar refractivity (Wildman–Crippen MR) is 84.2 cm³/mol. The van der Waals surface area contributed by atoms with E-state index in [1.165, 1.54) is 31.5 Å². The summed E-state index contributed by atoms with van der Waals surface area (Å²) in [6.45, 7) is 7.14. The summed E-state index contributed by atoms with van der Waals surface area (Å²) in [5.41, 5.74) is 1.33. The Balaban J connectivity index is 2.09. The first-order valence-electron chi connectivity index (χ1n) is 7.71. The van der Waals surface area contributed by atoms with Gasteiger partial charge in [-0.1, -0.05) is 19.1 Å². The van der Waals surface area contributed by atoms with Crippen LogP contribution in [0.25, 0.3) is 0 Å². The predicted octanol–water partition coefficient (Wildman–Crippen LogP) is 3.08. The van der Waals surface area contributed by atoms with Crippen molar-refractivity contribution in [3.63, 3.8) is 0 Å². The van der Waals surface area contributed by atoms with Crippen molar-refractivity contribution in [2.45, 2.75) is 38.8 Å². The first-order chi connectivity index (χ1) is 9.65. The minimum atomic E-state index is 0.367. The van der Waals surface area contributed by atoms with Gasteiger partial charge in [0.25, 0.3) is 0 Å². The minimum absolute atomic E-state index is 0.367. The maximum absolute atomic E-state index is 5.24. The molecule has 1 aliphatic heterocycles. The summed E-state index contributed by atoms with van der Waals surface area (Å²) in [6.07, 6.45) is 2.69. The van der Waals surface area contributed by atoms with E-state index in [4.69, 9.17) is 4.74 Å². The second-order valence-electron chi connectivity index (χ2n) is 6.02. The first-order valence-corrected chi connectivity index (χ1v) is 7.71. The third kappa shape index (κ3) is 3.53. The number of nitrogens with one attached hydrogen (secondary N) is 1. The third-order valence-corrected chi connectivity index (χ3v) is 4.53. The van der Waals surface area contributed by atoms with Crippen molar-refractivity contribution >= 4 is 0 Å². The van der Waals surface area contributed by atoms with Gasteiger partial charge in [-0.15, -0.1) is 0 Å². The van der Waals surface area contributed by atoms with Gasteiger partial charge in [-0.05, 0) is 57.0 Å². The van der Waals surface area contributed by atoms with Gasteiger partial charge in [0.05, 0.1) is 7.11 Å². The van der Waals surface area contributed by atoms with Gasteiger partial charge < -0.3 is 10.1 Å². The third-order valence-electron chi connectivity index (χ3n) is 4.53. The van der Waals surface area contributed by atoms with Crippen LogP contribution in [-0.4, -0.2) is 38.2 Å². The summed E-state index contributed by atoms with van der Waals surface area (Å²) in [4.78, 5) is 2.62. The molecule has 3 nitrogen and oxygen atoms in total. The highest BCUT2D eigenvalue weighted by Gasteiger charge is 2.27. The fourth-order valence-electron chi connectivity index (χ4n) is 3.30. The van der Waals surface area contributed by atoms with E-state index in [1.54, 1.807) is 7.11 Å². The fraction of sp³-hybridized carbons (Fsp3) is 0.647. The molecule has 1 saturated heterocycles. The monoisotopic (exact) mass is 276 g/mol. The Morgan fingerprint density at radius 1 is 1.30 bits per heavy atom. The van der Waals surface area contributed by atoms with Gasteiger partial charge in [0.2, 0.25) is 0 Å². The molecule has 3 heteroatoms. The molecule has 1 aromatic carbocycles. The standard InChI is InChI=1S/C17H28N2O/c1-13-6-5-11-19(12-13)14(2)17(18-3)15-7-9-16(20-4)10-8-15/h7-10,13-14,17-18H,5-6,11-12H2,1-4H3. The van der Waals surface area contributed by atoms with Crippen LogP contribution in [0, 0.1) is 5.92 Å². The highest BCUT2D eigenvalue weighted by molar-refractivity contribution is 5.29. The average Bonchev–Trinajstić information content (AvgIpc) is 2.48. The highest BCUT2D eigenvalue weighted by Crippen LogP contribution is 2.26. The number of ether oxygens (including phenoxy) is 1. The van der Waals surface area contributed by atoms with Crippen LogP contribution in [0.2, 0.25) is 0 Å². The highest BCUT2D eigenvalue weighted by atomic mass is 16.5. The van der Waals surface area contributed by atoms with E-state index in [0.717, 1.165) is 11.7 Å². The molecule has 1 aromatic rings. The smallest absolute Gasteiger partial charge is 0.118 e. The molecule has 0 amide bonds. The first kappa shape index (κ1) is 15.3. The largest absolute Gasteiger partial charge is 0.497 e. The number of benzene rings is 1. The van der Waals surface area contributed by atoms with Crippen LogP contribution >= 0.6 is 0 Å². The van der Waals surface area contributed by atoms with Crippen LogP contribution in [0.3, 0.4) is 0 Å². The summed E-state index contributed by atoms with van der Waals surface area (Å²) in [5, 5.41) is 3.49.